The largest absolute Gasteiger partial charge is 0.409 e. The molecule has 20 heavy (non-hydrogen) atoms. The van der Waals surface area contributed by atoms with Crippen LogP contribution in [0, 0.1) is 0 Å². The van der Waals surface area contributed by atoms with Gasteiger partial charge in [0.15, 0.2) is 0 Å². The second kappa shape index (κ2) is 6.33. The molecule has 1 saturated heterocycles. The fourth-order valence-corrected chi connectivity index (χ4v) is 1.75. The van der Waals surface area contributed by atoms with Crippen LogP contribution in [-0.4, -0.2) is 58.3 Å². The zero-order valence-corrected chi connectivity index (χ0v) is 11.6. The average molecular weight is 281 g/mol. The van der Waals surface area contributed by atoms with E-state index in [1.165, 1.54) is 0 Å². The van der Waals surface area contributed by atoms with Crippen molar-refractivity contribution in [3.63, 3.8) is 0 Å². The quantitative estimate of drug-likeness (QED) is 0.295. The second-order valence-corrected chi connectivity index (χ2v) is 4.67. The number of oxime groups is 1. The van der Waals surface area contributed by atoms with Gasteiger partial charge in [0.25, 0.3) is 0 Å². The van der Waals surface area contributed by atoms with Crippen molar-refractivity contribution >= 4 is 17.7 Å². The van der Waals surface area contributed by atoms with E-state index < -0.39 is 0 Å². The van der Waals surface area contributed by atoms with Crippen LogP contribution in [0.25, 0.3) is 0 Å². The minimum Gasteiger partial charge on any atom is -0.409 e. The van der Waals surface area contributed by atoms with E-state index >= 15 is 0 Å². The van der Waals surface area contributed by atoms with Crippen LogP contribution in [0.15, 0.2) is 5.16 Å². The molecule has 4 N–H and O–H groups in total. The van der Waals surface area contributed by atoms with Crippen molar-refractivity contribution in [2.75, 3.05) is 36.5 Å². The van der Waals surface area contributed by atoms with Gasteiger partial charge in [0, 0.05) is 19.1 Å². The van der Waals surface area contributed by atoms with Crippen LogP contribution < -0.4 is 16.0 Å². The molecule has 9 nitrogen and oxygen atoms in total. The van der Waals surface area contributed by atoms with Crippen molar-refractivity contribution in [1.29, 1.82) is 0 Å². The topological polar surface area (TPSA) is 122 Å². The number of nitrogens with two attached hydrogens (primary N) is 1. The number of hydrogen-bond donors (Lipinski definition) is 3. The summed E-state index contributed by atoms with van der Waals surface area (Å²) in [6.45, 7) is 6.58. The van der Waals surface area contributed by atoms with Gasteiger partial charge in [-0.15, -0.1) is 0 Å². The molecule has 1 fully saturated rings. The molecule has 0 spiro atoms. The number of rotatable bonds is 4. The highest BCUT2D eigenvalue weighted by Gasteiger charge is 2.18. The molecule has 1 aromatic rings. The van der Waals surface area contributed by atoms with Crippen LogP contribution in [0.5, 0.6) is 0 Å². The minimum atomic E-state index is -0.145. The van der Waals surface area contributed by atoms with Gasteiger partial charge in [0.2, 0.25) is 23.6 Å². The molecule has 1 aliphatic rings. The van der Waals surface area contributed by atoms with Gasteiger partial charge in [-0.2, -0.15) is 15.0 Å². The van der Waals surface area contributed by atoms with Crippen molar-refractivity contribution in [3.05, 3.63) is 5.82 Å². The summed E-state index contributed by atoms with van der Waals surface area (Å²) in [5, 5.41) is 14.8. The Kier molecular flexibility index (Phi) is 4.51. The van der Waals surface area contributed by atoms with Crippen molar-refractivity contribution in [1.82, 2.24) is 15.0 Å². The van der Waals surface area contributed by atoms with Gasteiger partial charge in [-0.25, -0.2) is 0 Å². The molecule has 2 rings (SSSR count). The number of anilines is 2. The summed E-state index contributed by atoms with van der Waals surface area (Å²) in [4.78, 5) is 14.7. The highest BCUT2D eigenvalue weighted by atomic mass is 16.5. The van der Waals surface area contributed by atoms with E-state index in [-0.39, 0.29) is 17.7 Å². The Hall–Kier alpha value is -2.16. The Morgan fingerprint density at radius 3 is 2.65 bits per heavy atom. The first-order chi connectivity index (χ1) is 9.60. The third-order valence-corrected chi connectivity index (χ3v) is 2.67. The molecule has 0 saturated carbocycles. The van der Waals surface area contributed by atoms with Crippen molar-refractivity contribution in [2.24, 2.45) is 10.9 Å². The molecule has 0 atom stereocenters. The van der Waals surface area contributed by atoms with E-state index in [4.69, 9.17) is 15.7 Å². The summed E-state index contributed by atoms with van der Waals surface area (Å²) < 4.78 is 5.30. The van der Waals surface area contributed by atoms with Crippen LogP contribution in [0.4, 0.5) is 11.9 Å². The Morgan fingerprint density at radius 2 is 2.05 bits per heavy atom. The normalized spacial score (nSPS) is 16.6. The van der Waals surface area contributed by atoms with Gasteiger partial charge >= 0.3 is 0 Å². The number of nitrogens with zero attached hydrogens (tertiary/aromatic N) is 5. The van der Waals surface area contributed by atoms with Crippen LogP contribution in [0.3, 0.4) is 0 Å². The predicted molar refractivity (Wildman–Crippen MR) is 74.1 cm³/mol. The van der Waals surface area contributed by atoms with E-state index in [9.17, 15) is 0 Å². The molecule has 0 aliphatic carbocycles. The van der Waals surface area contributed by atoms with Gasteiger partial charge in [-0.1, -0.05) is 5.16 Å². The van der Waals surface area contributed by atoms with Crippen LogP contribution in [0.2, 0.25) is 0 Å². The summed E-state index contributed by atoms with van der Waals surface area (Å²) in [6, 6.07) is 0.162. The Labute approximate surface area is 116 Å². The van der Waals surface area contributed by atoms with E-state index in [1.54, 1.807) is 0 Å². The van der Waals surface area contributed by atoms with E-state index in [2.05, 4.69) is 25.4 Å². The molecule has 0 amide bonds. The van der Waals surface area contributed by atoms with Gasteiger partial charge in [-0.3, -0.25) is 0 Å². The lowest BCUT2D eigenvalue weighted by molar-refractivity contribution is 0.122. The smallest absolute Gasteiger partial charge is 0.230 e. The number of nitrogens with one attached hydrogen (secondary N) is 1. The minimum absolute atomic E-state index is 0.145. The van der Waals surface area contributed by atoms with Crippen LogP contribution in [-0.2, 0) is 4.74 Å². The summed E-state index contributed by atoms with van der Waals surface area (Å²) in [5.74, 6) is 0.895. The maximum atomic E-state index is 8.77. The molecule has 0 aromatic carbocycles. The molecule has 2 heterocycles. The van der Waals surface area contributed by atoms with E-state index in [0.717, 1.165) is 0 Å². The zero-order valence-electron chi connectivity index (χ0n) is 11.6. The van der Waals surface area contributed by atoms with Crippen LogP contribution in [0.1, 0.15) is 19.7 Å². The van der Waals surface area contributed by atoms with Gasteiger partial charge in [0.05, 0.1) is 13.2 Å². The molecule has 0 radical (unpaired) electrons. The second-order valence-electron chi connectivity index (χ2n) is 4.67. The molecule has 1 aromatic heterocycles. The fraction of sp³-hybridized carbons (Fsp3) is 0.636. The molecular weight excluding hydrogens is 262 g/mol. The number of hydrogen-bond acceptors (Lipinski definition) is 8. The maximum Gasteiger partial charge on any atom is 0.230 e. The molecule has 110 valence electrons. The summed E-state index contributed by atoms with van der Waals surface area (Å²) >= 11 is 0. The lowest BCUT2D eigenvalue weighted by Gasteiger charge is -2.27. The lowest BCUT2D eigenvalue weighted by atomic mass is 10.4. The summed E-state index contributed by atoms with van der Waals surface area (Å²) in [6.07, 6.45) is 0. The van der Waals surface area contributed by atoms with E-state index in [1.807, 2.05) is 18.7 Å². The Morgan fingerprint density at radius 1 is 1.35 bits per heavy atom. The number of ether oxygens (including phenoxy) is 1. The molecule has 9 heteroatoms. The zero-order chi connectivity index (χ0) is 14.5. The summed E-state index contributed by atoms with van der Waals surface area (Å²) in [5.41, 5.74) is 5.57. The fourth-order valence-electron chi connectivity index (χ4n) is 1.75. The highest BCUT2D eigenvalue weighted by molar-refractivity contribution is 5.93. The first kappa shape index (κ1) is 14.3. The Bertz CT molecular complexity index is 486. The highest BCUT2D eigenvalue weighted by Crippen LogP contribution is 2.13. The number of amidine groups is 1. The van der Waals surface area contributed by atoms with Crippen molar-refractivity contribution in [2.45, 2.75) is 19.9 Å². The lowest BCUT2D eigenvalue weighted by Crippen LogP contribution is -2.38. The van der Waals surface area contributed by atoms with Crippen molar-refractivity contribution in [3.8, 4) is 0 Å². The SMILES string of the molecule is CC(C)Nc1nc(/C(N)=N/O)nc(N2CCOCC2)n1. The standard InChI is InChI=1S/C11H19N7O2/c1-7(2)13-10-14-9(8(12)17-19)15-11(16-10)18-3-5-20-6-4-18/h7,19H,3-6H2,1-2H3,(H2,12,17)(H,13,14,15,16). The van der Waals surface area contributed by atoms with Gasteiger partial charge < -0.3 is 25.9 Å². The maximum absolute atomic E-state index is 8.77. The first-order valence-corrected chi connectivity index (χ1v) is 6.43. The molecule has 1 aliphatic heterocycles. The Balaban J connectivity index is 2.33. The number of aromatic nitrogens is 3. The number of morpholine rings is 1. The predicted octanol–water partition coefficient (Wildman–Crippen LogP) is -0.377. The monoisotopic (exact) mass is 281 g/mol. The van der Waals surface area contributed by atoms with Gasteiger partial charge in [0.1, 0.15) is 0 Å². The summed E-state index contributed by atoms with van der Waals surface area (Å²) in [7, 11) is 0. The third-order valence-electron chi connectivity index (χ3n) is 2.67. The first-order valence-electron chi connectivity index (χ1n) is 6.43. The molecule has 0 unspecified atom stereocenters. The van der Waals surface area contributed by atoms with Gasteiger partial charge in [-0.05, 0) is 13.8 Å². The average Bonchev–Trinajstić information content (AvgIpc) is 2.46. The molecular formula is C11H19N7O2. The third kappa shape index (κ3) is 3.44. The van der Waals surface area contributed by atoms with E-state index in [0.29, 0.717) is 38.2 Å². The molecule has 0 bridgehead atoms. The van der Waals surface area contributed by atoms with Crippen molar-refractivity contribution < 1.29 is 9.94 Å². The van der Waals surface area contributed by atoms with Crippen LogP contribution >= 0.6 is 0 Å².